The number of aromatic nitrogens is 1. The monoisotopic (exact) mass is 241 g/mol. The lowest BCUT2D eigenvalue weighted by atomic mass is 10.0. The Bertz CT molecular complexity index is 529. The summed E-state index contributed by atoms with van der Waals surface area (Å²) in [6, 6.07) is 11.7. The first kappa shape index (κ1) is 12.3. The van der Waals surface area contributed by atoms with Crippen molar-refractivity contribution in [3.05, 3.63) is 48.2 Å². The van der Waals surface area contributed by atoms with Crippen molar-refractivity contribution in [3.8, 4) is 17.0 Å². The van der Waals surface area contributed by atoms with Crippen LogP contribution in [0.4, 0.5) is 0 Å². The van der Waals surface area contributed by atoms with Gasteiger partial charge >= 0.3 is 0 Å². The normalized spacial score (nSPS) is 10.1. The number of rotatable bonds is 4. The van der Waals surface area contributed by atoms with Crippen LogP contribution in [-0.4, -0.2) is 17.9 Å². The van der Waals surface area contributed by atoms with Gasteiger partial charge in [-0.05, 0) is 24.1 Å². The van der Waals surface area contributed by atoms with Crippen LogP contribution in [0.2, 0.25) is 0 Å². The van der Waals surface area contributed by atoms with Gasteiger partial charge < -0.3 is 4.74 Å². The highest BCUT2D eigenvalue weighted by atomic mass is 16.5. The van der Waals surface area contributed by atoms with Crippen LogP contribution in [0.3, 0.4) is 0 Å². The van der Waals surface area contributed by atoms with Gasteiger partial charge in [-0.3, -0.25) is 4.79 Å². The molecule has 0 saturated carbocycles. The predicted octanol–water partition coefficient (Wildman–Crippen LogP) is 2.89. The lowest BCUT2D eigenvalue weighted by molar-refractivity contribution is -0.116. The predicted molar refractivity (Wildman–Crippen MR) is 70.6 cm³/mol. The molecule has 2 rings (SSSR count). The number of Topliss-reactive ketones (excluding diaryl/α,β-unsaturated/α-hetero) is 1. The number of methoxy groups -OCH3 is 1. The Balaban J connectivity index is 2.20. The first-order valence-electron chi connectivity index (χ1n) is 5.78. The van der Waals surface area contributed by atoms with Gasteiger partial charge in [0.25, 0.3) is 0 Å². The van der Waals surface area contributed by atoms with E-state index in [2.05, 4.69) is 4.98 Å². The molecular formula is C15H15NO2. The molecule has 0 saturated heterocycles. The second kappa shape index (κ2) is 5.45. The molecule has 0 aliphatic heterocycles. The summed E-state index contributed by atoms with van der Waals surface area (Å²) in [6.45, 7) is 1.60. The summed E-state index contributed by atoms with van der Waals surface area (Å²) in [5, 5.41) is 0. The Labute approximate surface area is 106 Å². The first-order chi connectivity index (χ1) is 8.69. The van der Waals surface area contributed by atoms with Crippen LogP contribution in [0.25, 0.3) is 11.1 Å². The topological polar surface area (TPSA) is 39.2 Å². The molecular weight excluding hydrogens is 226 g/mol. The van der Waals surface area contributed by atoms with Gasteiger partial charge in [-0.25, -0.2) is 4.98 Å². The standard InChI is InChI=1S/C15H15NO2/c1-11(17)9-12-3-5-13(6-4-12)14-7-8-15(18-2)16-10-14/h3-8,10H,9H2,1-2H3. The molecule has 3 nitrogen and oxygen atoms in total. The highest BCUT2D eigenvalue weighted by molar-refractivity contribution is 5.78. The van der Waals surface area contributed by atoms with Crippen molar-refractivity contribution in [2.75, 3.05) is 7.11 Å². The fourth-order valence-corrected chi connectivity index (χ4v) is 1.77. The van der Waals surface area contributed by atoms with Crippen molar-refractivity contribution < 1.29 is 9.53 Å². The molecule has 2 aromatic rings. The van der Waals surface area contributed by atoms with Gasteiger partial charge in [0, 0.05) is 24.2 Å². The van der Waals surface area contributed by atoms with Gasteiger partial charge in [0.05, 0.1) is 7.11 Å². The molecule has 92 valence electrons. The summed E-state index contributed by atoms with van der Waals surface area (Å²) in [6.07, 6.45) is 2.26. The van der Waals surface area contributed by atoms with Crippen molar-refractivity contribution in [2.45, 2.75) is 13.3 Å². The van der Waals surface area contributed by atoms with Crippen LogP contribution < -0.4 is 4.74 Å². The second-order valence-electron chi connectivity index (χ2n) is 4.16. The Morgan fingerprint density at radius 1 is 1.11 bits per heavy atom. The van der Waals surface area contributed by atoms with Crippen molar-refractivity contribution in [2.24, 2.45) is 0 Å². The second-order valence-corrected chi connectivity index (χ2v) is 4.16. The number of nitrogens with zero attached hydrogens (tertiary/aromatic N) is 1. The summed E-state index contributed by atoms with van der Waals surface area (Å²) < 4.78 is 5.02. The first-order valence-corrected chi connectivity index (χ1v) is 5.78. The fourth-order valence-electron chi connectivity index (χ4n) is 1.77. The molecule has 0 N–H and O–H groups in total. The molecule has 0 amide bonds. The molecule has 0 aliphatic carbocycles. The largest absolute Gasteiger partial charge is 0.481 e. The summed E-state index contributed by atoms with van der Waals surface area (Å²) in [4.78, 5) is 15.2. The van der Waals surface area contributed by atoms with Crippen molar-refractivity contribution in [1.29, 1.82) is 0 Å². The van der Waals surface area contributed by atoms with Gasteiger partial charge in [-0.15, -0.1) is 0 Å². The van der Waals surface area contributed by atoms with E-state index in [9.17, 15) is 4.79 Å². The van der Waals surface area contributed by atoms with Crippen molar-refractivity contribution in [3.63, 3.8) is 0 Å². The molecule has 1 aromatic heterocycles. The zero-order valence-corrected chi connectivity index (χ0v) is 10.5. The van der Waals surface area contributed by atoms with Crippen LogP contribution in [-0.2, 0) is 11.2 Å². The third-order valence-electron chi connectivity index (χ3n) is 2.69. The Morgan fingerprint density at radius 3 is 2.28 bits per heavy atom. The number of ketones is 1. The molecule has 18 heavy (non-hydrogen) atoms. The van der Waals surface area contributed by atoms with E-state index < -0.39 is 0 Å². The van der Waals surface area contributed by atoms with E-state index in [0.717, 1.165) is 16.7 Å². The van der Waals surface area contributed by atoms with E-state index in [1.807, 2.05) is 36.4 Å². The molecule has 0 aliphatic rings. The fraction of sp³-hybridized carbons (Fsp3) is 0.200. The summed E-state index contributed by atoms with van der Waals surface area (Å²) >= 11 is 0. The third-order valence-corrected chi connectivity index (χ3v) is 2.69. The third kappa shape index (κ3) is 2.94. The van der Waals surface area contributed by atoms with Gasteiger partial charge in [-0.2, -0.15) is 0 Å². The average Bonchev–Trinajstić information content (AvgIpc) is 2.39. The van der Waals surface area contributed by atoms with E-state index in [0.29, 0.717) is 12.3 Å². The zero-order chi connectivity index (χ0) is 13.0. The number of carbonyl (C=O) groups excluding carboxylic acids is 1. The minimum atomic E-state index is 0.175. The molecule has 0 spiro atoms. The SMILES string of the molecule is COc1ccc(-c2ccc(CC(C)=O)cc2)cn1. The molecule has 3 heteroatoms. The van der Waals surface area contributed by atoms with Crippen LogP contribution >= 0.6 is 0 Å². The quantitative estimate of drug-likeness (QED) is 0.826. The van der Waals surface area contributed by atoms with Crippen LogP contribution in [0.1, 0.15) is 12.5 Å². The molecule has 0 atom stereocenters. The number of ether oxygens (including phenoxy) is 1. The molecule has 0 radical (unpaired) electrons. The highest BCUT2D eigenvalue weighted by Gasteiger charge is 2.01. The lowest BCUT2D eigenvalue weighted by Gasteiger charge is -2.04. The molecule has 1 aromatic carbocycles. The van der Waals surface area contributed by atoms with Crippen molar-refractivity contribution in [1.82, 2.24) is 4.98 Å². The van der Waals surface area contributed by atoms with Crippen LogP contribution in [0, 0.1) is 0 Å². The maximum atomic E-state index is 11.0. The summed E-state index contributed by atoms with van der Waals surface area (Å²) in [5.41, 5.74) is 3.15. The maximum Gasteiger partial charge on any atom is 0.212 e. The average molecular weight is 241 g/mol. The van der Waals surface area contributed by atoms with E-state index in [4.69, 9.17) is 4.74 Å². The molecule has 1 heterocycles. The van der Waals surface area contributed by atoms with Crippen LogP contribution in [0.15, 0.2) is 42.6 Å². The number of pyridine rings is 1. The number of benzene rings is 1. The highest BCUT2D eigenvalue weighted by Crippen LogP contribution is 2.20. The van der Waals surface area contributed by atoms with Gasteiger partial charge in [0.2, 0.25) is 5.88 Å². The van der Waals surface area contributed by atoms with E-state index >= 15 is 0 Å². The van der Waals surface area contributed by atoms with Crippen molar-refractivity contribution >= 4 is 5.78 Å². The van der Waals surface area contributed by atoms with Gasteiger partial charge in [0.15, 0.2) is 0 Å². The smallest absolute Gasteiger partial charge is 0.212 e. The van der Waals surface area contributed by atoms with E-state index in [1.54, 1.807) is 20.2 Å². The molecule has 0 fully saturated rings. The Kier molecular flexibility index (Phi) is 3.72. The van der Waals surface area contributed by atoms with Gasteiger partial charge in [0.1, 0.15) is 5.78 Å². The zero-order valence-electron chi connectivity index (χ0n) is 10.5. The maximum absolute atomic E-state index is 11.0. The Hall–Kier alpha value is -2.16. The molecule has 0 unspecified atom stereocenters. The lowest BCUT2D eigenvalue weighted by Crippen LogP contribution is -1.95. The minimum absolute atomic E-state index is 0.175. The minimum Gasteiger partial charge on any atom is -0.481 e. The number of hydrogen-bond donors (Lipinski definition) is 0. The summed E-state index contributed by atoms with van der Waals surface area (Å²) in [5.74, 6) is 0.779. The van der Waals surface area contributed by atoms with E-state index in [-0.39, 0.29) is 5.78 Å². The number of carbonyl (C=O) groups is 1. The van der Waals surface area contributed by atoms with E-state index in [1.165, 1.54) is 0 Å². The molecule has 0 bridgehead atoms. The Morgan fingerprint density at radius 2 is 1.78 bits per heavy atom. The summed E-state index contributed by atoms with van der Waals surface area (Å²) in [7, 11) is 1.60. The number of hydrogen-bond acceptors (Lipinski definition) is 3. The van der Waals surface area contributed by atoms with Crippen LogP contribution in [0.5, 0.6) is 5.88 Å². The van der Waals surface area contributed by atoms with Gasteiger partial charge in [-0.1, -0.05) is 24.3 Å².